The molecular formula is C12H16Br2Si. The fourth-order valence-corrected chi connectivity index (χ4v) is 11.7. The fourth-order valence-electron chi connectivity index (χ4n) is 2.77. The second-order valence-corrected chi connectivity index (χ2v) is 10.5. The molecule has 1 aliphatic heterocycles. The summed E-state index contributed by atoms with van der Waals surface area (Å²) in [5, 5.41) is 4.07. The van der Waals surface area contributed by atoms with Crippen molar-refractivity contribution in [1.29, 1.82) is 0 Å². The Hall–Kier alpha value is 0.397. The van der Waals surface area contributed by atoms with Crippen LogP contribution < -0.4 is 5.19 Å². The predicted octanol–water partition coefficient (Wildman–Crippen LogP) is 3.69. The zero-order valence-corrected chi connectivity index (χ0v) is 13.0. The molecule has 0 spiro atoms. The third kappa shape index (κ3) is 2.24. The minimum Gasteiger partial charge on any atom is -0.0931 e. The average molecular weight is 348 g/mol. The molecule has 15 heavy (non-hydrogen) atoms. The van der Waals surface area contributed by atoms with E-state index in [0.717, 1.165) is 0 Å². The number of hydrogen-bond acceptors (Lipinski definition) is 0. The molecular weight excluding hydrogens is 332 g/mol. The minimum atomic E-state index is -1.15. The second kappa shape index (κ2) is 5.15. The van der Waals surface area contributed by atoms with E-state index in [-0.39, 0.29) is 0 Å². The van der Waals surface area contributed by atoms with Crippen LogP contribution in [0.3, 0.4) is 0 Å². The van der Waals surface area contributed by atoms with Gasteiger partial charge in [0.25, 0.3) is 0 Å². The Kier molecular flexibility index (Phi) is 4.08. The van der Waals surface area contributed by atoms with E-state index in [0.29, 0.717) is 0 Å². The van der Waals surface area contributed by atoms with Crippen LogP contribution in [0.4, 0.5) is 0 Å². The lowest BCUT2D eigenvalue weighted by Crippen LogP contribution is -2.45. The largest absolute Gasteiger partial charge is 0.0931 e. The highest BCUT2D eigenvalue weighted by Crippen LogP contribution is 2.31. The van der Waals surface area contributed by atoms with E-state index in [1.54, 1.807) is 10.8 Å². The van der Waals surface area contributed by atoms with Crippen molar-refractivity contribution in [2.24, 2.45) is 0 Å². The van der Waals surface area contributed by atoms with Crippen LogP contribution in [-0.2, 0) is 6.42 Å². The molecule has 1 aromatic carbocycles. The predicted molar refractivity (Wildman–Crippen MR) is 77.5 cm³/mol. The van der Waals surface area contributed by atoms with Gasteiger partial charge in [-0.1, -0.05) is 61.3 Å². The fraction of sp³-hybridized carbons (Fsp3) is 0.500. The third-order valence-corrected chi connectivity index (χ3v) is 11.1. The van der Waals surface area contributed by atoms with Gasteiger partial charge in [0.1, 0.15) is 0 Å². The van der Waals surface area contributed by atoms with Gasteiger partial charge >= 0.3 is 0 Å². The molecule has 82 valence electrons. The molecule has 0 aromatic heterocycles. The van der Waals surface area contributed by atoms with Crippen LogP contribution in [0.15, 0.2) is 24.3 Å². The van der Waals surface area contributed by atoms with E-state index in [9.17, 15) is 0 Å². The second-order valence-electron chi connectivity index (χ2n) is 4.32. The summed E-state index contributed by atoms with van der Waals surface area (Å²) in [6, 6.07) is 13.4. The highest BCUT2D eigenvalue weighted by Gasteiger charge is 2.39. The van der Waals surface area contributed by atoms with Crippen LogP contribution in [0.25, 0.3) is 0 Å². The van der Waals surface area contributed by atoms with E-state index < -0.39 is 8.07 Å². The van der Waals surface area contributed by atoms with Crippen molar-refractivity contribution in [3.05, 3.63) is 29.8 Å². The molecule has 3 heteroatoms. The van der Waals surface area contributed by atoms with Crippen LogP contribution in [0.1, 0.15) is 5.56 Å². The van der Waals surface area contributed by atoms with E-state index in [4.69, 9.17) is 0 Å². The Morgan fingerprint density at radius 2 is 1.73 bits per heavy atom. The van der Waals surface area contributed by atoms with E-state index in [2.05, 4.69) is 56.1 Å². The van der Waals surface area contributed by atoms with Gasteiger partial charge in [0, 0.05) is 10.7 Å². The summed E-state index contributed by atoms with van der Waals surface area (Å²) in [6.07, 6.45) is 1.32. The van der Waals surface area contributed by atoms with Crippen molar-refractivity contribution < 1.29 is 0 Å². The Balaban J connectivity index is 2.35. The summed E-state index contributed by atoms with van der Waals surface area (Å²) in [4.78, 5) is 0. The van der Waals surface area contributed by atoms with Gasteiger partial charge in [-0.25, -0.2) is 0 Å². The van der Waals surface area contributed by atoms with Crippen molar-refractivity contribution in [3.63, 3.8) is 0 Å². The molecule has 0 saturated heterocycles. The lowest BCUT2D eigenvalue weighted by atomic mass is 10.2. The molecule has 0 saturated carbocycles. The maximum Gasteiger partial charge on any atom is 0.0890 e. The van der Waals surface area contributed by atoms with Gasteiger partial charge in [0.15, 0.2) is 0 Å². The van der Waals surface area contributed by atoms with Gasteiger partial charge in [-0.05, 0) is 30.1 Å². The average Bonchev–Trinajstić information content (AvgIpc) is 2.60. The number of hydrogen-bond donors (Lipinski definition) is 0. The summed E-state index contributed by atoms with van der Waals surface area (Å²) in [6.45, 7) is 0. The summed E-state index contributed by atoms with van der Waals surface area (Å²) < 4.78 is 0. The molecule has 1 aromatic rings. The Bertz CT molecular complexity index is 327. The number of rotatable bonds is 4. The normalized spacial score (nSPS) is 17.7. The van der Waals surface area contributed by atoms with Crippen LogP contribution in [-0.4, -0.2) is 18.7 Å². The van der Waals surface area contributed by atoms with Gasteiger partial charge in [-0.2, -0.15) is 0 Å². The first-order valence-electron chi connectivity index (χ1n) is 5.53. The highest BCUT2D eigenvalue weighted by atomic mass is 79.9. The number of halogens is 2. The molecule has 0 fully saturated rings. The first-order chi connectivity index (χ1) is 7.32. The van der Waals surface area contributed by atoms with Crippen molar-refractivity contribution in [3.8, 4) is 0 Å². The van der Waals surface area contributed by atoms with Crippen molar-refractivity contribution >= 4 is 45.1 Å². The maximum absolute atomic E-state index is 3.64. The first kappa shape index (κ1) is 11.9. The van der Waals surface area contributed by atoms with Gasteiger partial charge in [0.2, 0.25) is 0 Å². The molecule has 0 nitrogen and oxygen atoms in total. The van der Waals surface area contributed by atoms with Crippen LogP contribution in [0, 0.1) is 0 Å². The number of alkyl halides is 2. The monoisotopic (exact) mass is 346 g/mol. The summed E-state index contributed by atoms with van der Waals surface area (Å²) in [5.74, 6) is 0. The lowest BCUT2D eigenvalue weighted by molar-refractivity contribution is 1.13. The molecule has 2 rings (SSSR count). The van der Waals surface area contributed by atoms with Gasteiger partial charge < -0.3 is 0 Å². The van der Waals surface area contributed by atoms with Crippen LogP contribution >= 0.6 is 31.9 Å². The molecule has 0 atom stereocenters. The minimum absolute atomic E-state index is 1.15. The molecule has 1 aliphatic rings. The molecule has 1 heterocycles. The highest BCUT2D eigenvalue weighted by molar-refractivity contribution is 9.09. The lowest BCUT2D eigenvalue weighted by Gasteiger charge is -2.26. The number of aryl methyl sites for hydroxylation is 1. The maximum atomic E-state index is 3.64. The molecule has 0 unspecified atom stereocenters. The number of fused-ring (bicyclic) bond motifs is 1. The van der Waals surface area contributed by atoms with Crippen LogP contribution in [0.2, 0.25) is 18.1 Å². The van der Waals surface area contributed by atoms with Gasteiger partial charge in [0.05, 0.1) is 8.07 Å². The Morgan fingerprint density at radius 3 is 2.40 bits per heavy atom. The molecule has 0 bridgehead atoms. The molecule has 0 radical (unpaired) electrons. The first-order valence-corrected chi connectivity index (χ1v) is 10.4. The molecule has 0 amide bonds. The topological polar surface area (TPSA) is 0 Å². The number of benzene rings is 1. The van der Waals surface area contributed by atoms with Crippen LogP contribution in [0.5, 0.6) is 0 Å². The van der Waals surface area contributed by atoms with Crippen molar-refractivity contribution in [2.75, 3.05) is 10.7 Å². The van der Waals surface area contributed by atoms with Crippen molar-refractivity contribution in [2.45, 2.75) is 24.6 Å². The van der Waals surface area contributed by atoms with E-state index in [1.165, 1.54) is 35.2 Å². The molecule has 0 aliphatic carbocycles. The van der Waals surface area contributed by atoms with Gasteiger partial charge in [-0.15, -0.1) is 0 Å². The quantitative estimate of drug-likeness (QED) is 0.575. The smallest absolute Gasteiger partial charge is 0.0890 e. The summed E-state index contributed by atoms with van der Waals surface area (Å²) >= 11 is 7.27. The summed E-state index contributed by atoms with van der Waals surface area (Å²) in [5.41, 5.74) is 1.63. The Morgan fingerprint density at radius 1 is 1.07 bits per heavy atom. The van der Waals surface area contributed by atoms with E-state index >= 15 is 0 Å². The molecule has 0 N–H and O–H groups in total. The van der Waals surface area contributed by atoms with Crippen molar-refractivity contribution in [1.82, 2.24) is 0 Å². The van der Waals surface area contributed by atoms with E-state index in [1.807, 2.05) is 0 Å². The third-order valence-electron chi connectivity index (χ3n) is 3.61. The zero-order valence-electron chi connectivity index (χ0n) is 8.81. The summed E-state index contributed by atoms with van der Waals surface area (Å²) in [7, 11) is -1.15. The SMILES string of the molecule is BrCC[Si]1(CCBr)CCc2ccccc21. The Labute approximate surface area is 110 Å². The zero-order chi connectivity index (χ0) is 10.7. The standard InChI is InChI=1S/C12H16Br2Si/c13-6-9-15(10-7-14)8-5-11-3-1-2-4-12(11)15/h1-4H,5-10H2. The van der Waals surface area contributed by atoms with Gasteiger partial charge in [-0.3, -0.25) is 0 Å².